The molecule has 0 aliphatic carbocycles. The number of anilines is 2. The Balaban J connectivity index is 1.36. The average molecular weight is 475 g/mol. The van der Waals surface area contributed by atoms with Crippen LogP contribution in [0.1, 0.15) is 0 Å². The number of hydrogen-bond donors (Lipinski definition) is 1. The predicted octanol–water partition coefficient (Wildman–Crippen LogP) is 4.07. The van der Waals surface area contributed by atoms with Crippen molar-refractivity contribution >= 4 is 45.0 Å². The van der Waals surface area contributed by atoms with Crippen LogP contribution in [0.5, 0.6) is 0 Å². The maximum atomic E-state index is 12.5. The van der Waals surface area contributed by atoms with Crippen molar-refractivity contribution in [3.05, 3.63) is 53.0 Å². The number of nitrogens with one attached hydrogen (secondary N) is 1. The van der Waals surface area contributed by atoms with Gasteiger partial charge in [0.2, 0.25) is 11.8 Å². The number of carbonyl (C=O) groups is 1. The second-order valence-corrected chi connectivity index (χ2v) is 8.18. The number of para-hydroxylation sites is 2. The summed E-state index contributed by atoms with van der Waals surface area (Å²) in [7, 11) is 0. The van der Waals surface area contributed by atoms with Crippen LogP contribution >= 0.6 is 27.7 Å². The van der Waals surface area contributed by atoms with Crippen molar-refractivity contribution in [1.29, 1.82) is 0 Å². The Kier molecular flexibility index (Phi) is 6.48. The van der Waals surface area contributed by atoms with Gasteiger partial charge in [0.25, 0.3) is 5.22 Å². The van der Waals surface area contributed by atoms with E-state index in [0.717, 1.165) is 34.5 Å². The lowest BCUT2D eigenvalue weighted by Crippen LogP contribution is -2.36. The number of rotatable bonds is 6. The second kappa shape index (κ2) is 9.43. The first kappa shape index (κ1) is 19.9. The molecule has 0 unspecified atom stereocenters. The quantitative estimate of drug-likeness (QED) is 0.539. The fourth-order valence-electron chi connectivity index (χ4n) is 2.98. The summed E-state index contributed by atoms with van der Waals surface area (Å²) in [5, 5.41) is 11.4. The molecule has 2 heterocycles. The summed E-state index contributed by atoms with van der Waals surface area (Å²) >= 11 is 4.63. The van der Waals surface area contributed by atoms with E-state index in [-0.39, 0.29) is 11.7 Å². The average Bonchev–Trinajstić information content (AvgIpc) is 3.23. The molecule has 4 rings (SSSR count). The molecule has 1 aromatic heterocycles. The van der Waals surface area contributed by atoms with Crippen LogP contribution in [0.15, 0.2) is 62.6 Å². The maximum Gasteiger partial charge on any atom is 0.277 e. The van der Waals surface area contributed by atoms with E-state index >= 15 is 0 Å². The van der Waals surface area contributed by atoms with Crippen molar-refractivity contribution < 1.29 is 13.9 Å². The highest BCUT2D eigenvalue weighted by molar-refractivity contribution is 9.10. The van der Waals surface area contributed by atoms with Crippen LogP contribution in [0.25, 0.3) is 11.5 Å². The molecule has 1 amide bonds. The van der Waals surface area contributed by atoms with E-state index in [1.807, 2.05) is 48.5 Å². The second-order valence-electron chi connectivity index (χ2n) is 6.34. The van der Waals surface area contributed by atoms with Crippen molar-refractivity contribution in [3.8, 4) is 11.5 Å². The van der Waals surface area contributed by atoms with E-state index in [1.165, 1.54) is 11.8 Å². The molecule has 2 aromatic carbocycles. The highest BCUT2D eigenvalue weighted by atomic mass is 79.9. The lowest BCUT2D eigenvalue weighted by Gasteiger charge is -2.30. The lowest BCUT2D eigenvalue weighted by molar-refractivity contribution is -0.113. The number of benzene rings is 2. The first-order chi connectivity index (χ1) is 14.2. The van der Waals surface area contributed by atoms with Gasteiger partial charge in [0.1, 0.15) is 0 Å². The number of ether oxygens (including phenoxy) is 1. The zero-order valence-electron chi connectivity index (χ0n) is 15.5. The number of halogens is 1. The summed E-state index contributed by atoms with van der Waals surface area (Å²) in [6.45, 7) is 3.00. The van der Waals surface area contributed by atoms with Crippen LogP contribution in [0.4, 0.5) is 11.4 Å². The predicted molar refractivity (Wildman–Crippen MR) is 116 cm³/mol. The molecule has 0 spiro atoms. The van der Waals surface area contributed by atoms with Crippen LogP contribution in [-0.4, -0.2) is 48.2 Å². The third-order valence-electron chi connectivity index (χ3n) is 4.33. The van der Waals surface area contributed by atoms with Gasteiger partial charge in [0.15, 0.2) is 0 Å². The third-order valence-corrected chi connectivity index (χ3v) is 5.65. The molecular formula is C20H19BrN4O3S. The number of morpholine rings is 1. The van der Waals surface area contributed by atoms with E-state index in [2.05, 4.69) is 36.3 Å². The maximum absolute atomic E-state index is 12.5. The summed E-state index contributed by atoms with van der Waals surface area (Å²) in [5.41, 5.74) is 2.62. The Morgan fingerprint density at radius 3 is 2.79 bits per heavy atom. The third kappa shape index (κ3) is 5.17. The van der Waals surface area contributed by atoms with Gasteiger partial charge in [-0.3, -0.25) is 4.79 Å². The molecule has 1 aliphatic rings. The fraction of sp³-hybridized carbons (Fsp3) is 0.250. The van der Waals surface area contributed by atoms with Gasteiger partial charge in [-0.25, -0.2) is 0 Å². The van der Waals surface area contributed by atoms with E-state index in [4.69, 9.17) is 9.15 Å². The topological polar surface area (TPSA) is 80.5 Å². The van der Waals surface area contributed by atoms with Crippen molar-refractivity contribution in [2.75, 3.05) is 42.3 Å². The normalized spacial score (nSPS) is 14.0. The number of hydrogen-bond acceptors (Lipinski definition) is 7. The highest BCUT2D eigenvalue weighted by Gasteiger charge is 2.16. The largest absolute Gasteiger partial charge is 0.411 e. The Morgan fingerprint density at radius 1 is 1.14 bits per heavy atom. The molecule has 1 N–H and O–H groups in total. The van der Waals surface area contributed by atoms with Crippen LogP contribution < -0.4 is 10.2 Å². The lowest BCUT2D eigenvalue weighted by atomic mass is 10.2. The molecule has 0 saturated carbocycles. The number of nitrogens with zero attached hydrogens (tertiary/aromatic N) is 3. The molecule has 29 heavy (non-hydrogen) atoms. The molecule has 0 bridgehead atoms. The monoisotopic (exact) mass is 474 g/mol. The molecule has 1 fully saturated rings. The first-order valence-electron chi connectivity index (χ1n) is 9.13. The van der Waals surface area contributed by atoms with Gasteiger partial charge in [0.05, 0.1) is 30.3 Å². The number of amides is 1. The Bertz CT molecular complexity index is 991. The molecular weight excluding hydrogens is 456 g/mol. The first-order valence-corrected chi connectivity index (χ1v) is 10.9. The fourth-order valence-corrected chi connectivity index (χ4v) is 3.94. The van der Waals surface area contributed by atoms with Gasteiger partial charge in [-0.2, -0.15) is 0 Å². The molecule has 150 valence electrons. The van der Waals surface area contributed by atoms with Crippen molar-refractivity contribution in [2.24, 2.45) is 0 Å². The van der Waals surface area contributed by atoms with Crippen LogP contribution in [0, 0.1) is 0 Å². The molecule has 1 saturated heterocycles. The van der Waals surface area contributed by atoms with Crippen molar-refractivity contribution in [2.45, 2.75) is 5.22 Å². The van der Waals surface area contributed by atoms with Crippen LogP contribution in [-0.2, 0) is 9.53 Å². The Labute approximate surface area is 181 Å². The van der Waals surface area contributed by atoms with E-state index in [0.29, 0.717) is 24.3 Å². The summed E-state index contributed by atoms with van der Waals surface area (Å²) in [6.07, 6.45) is 0. The van der Waals surface area contributed by atoms with Crippen LogP contribution in [0.2, 0.25) is 0 Å². The molecule has 7 nitrogen and oxygen atoms in total. The number of carbonyl (C=O) groups excluding carboxylic acids is 1. The Morgan fingerprint density at radius 2 is 1.97 bits per heavy atom. The molecule has 0 atom stereocenters. The van der Waals surface area contributed by atoms with Gasteiger partial charge in [-0.05, 0) is 30.3 Å². The smallest absolute Gasteiger partial charge is 0.277 e. The highest BCUT2D eigenvalue weighted by Crippen LogP contribution is 2.28. The van der Waals surface area contributed by atoms with Gasteiger partial charge in [-0.15, -0.1) is 10.2 Å². The van der Waals surface area contributed by atoms with E-state index in [1.54, 1.807) is 0 Å². The molecule has 3 aromatic rings. The minimum absolute atomic E-state index is 0.127. The van der Waals surface area contributed by atoms with Crippen molar-refractivity contribution in [1.82, 2.24) is 10.2 Å². The summed E-state index contributed by atoms with van der Waals surface area (Å²) in [5.74, 6) is 0.474. The molecule has 1 aliphatic heterocycles. The Hall–Kier alpha value is -2.36. The van der Waals surface area contributed by atoms with Crippen molar-refractivity contribution in [3.63, 3.8) is 0 Å². The van der Waals surface area contributed by atoms with Gasteiger partial charge in [-0.1, -0.05) is 45.9 Å². The standard InChI is InChI=1S/C20H19BrN4O3S/c21-15-5-3-4-14(12-15)19-23-24-20(28-19)29-13-18(26)22-16-6-1-2-7-17(16)25-8-10-27-11-9-25/h1-7,12H,8-11,13H2,(H,22,26). The zero-order valence-corrected chi connectivity index (χ0v) is 17.9. The molecule has 9 heteroatoms. The van der Waals surface area contributed by atoms with Gasteiger partial charge < -0.3 is 19.4 Å². The SMILES string of the molecule is O=C(CSc1nnc(-c2cccc(Br)c2)o1)Nc1ccccc1N1CCOCC1. The molecule has 0 radical (unpaired) electrons. The summed E-state index contributed by atoms with van der Waals surface area (Å²) in [4.78, 5) is 14.7. The summed E-state index contributed by atoms with van der Waals surface area (Å²) < 4.78 is 12.0. The minimum atomic E-state index is -0.127. The number of aromatic nitrogens is 2. The van der Waals surface area contributed by atoms with Gasteiger partial charge in [0, 0.05) is 23.1 Å². The minimum Gasteiger partial charge on any atom is -0.411 e. The van der Waals surface area contributed by atoms with Gasteiger partial charge >= 0.3 is 0 Å². The zero-order chi connectivity index (χ0) is 20.1. The summed E-state index contributed by atoms with van der Waals surface area (Å²) in [6, 6.07) is 15.4. The van der Waals surface area contributed by atoms with E-state index < -0.39 is 0 Å². The number of thioether (sulfide) groups is 1. The van der Waals surface area contributed by atoms with E-state index in [9.17, 15) is 4.79 Å². The van der Waals surface area contributed by atoms with Crippen LogP contribution in [0.3, 0.4) is 0 Å².